The van der Waals surface area contributed by atoms with E-state index in [1.165, 1.54) is 29.8 Å². The summed E-state index contributed by atoms with van der Waals surface area (Å²) in [5.74, 6) is -2.06. The summed E-state index contributed by atoms with van der Waals surface area (Å²) in [6.07, 6.45) is 0. The summed E-state index contributed by atoms with van der Waals surface area (Å²) in [5, 5.41) is 14.0. The van der Waals surface area contributed by atoms with Crippen LogP contribution in [0.3, 0.4) is 0 Å². The van der Waals surface area contributed by atoms with Gasteiger partial charge in [-0.2, -0.15) is 4.98 Å². The maximum atomic E-state index is 13.6. The molecular weight excluding hydrogens is 538 g/mol. The molecule has 0 bridgehead atoms. The lowest BCUT2D eigenvalue weighted by atomic mass is 10.0. The first-order valence-corrected chi connectivity index (χ1v) is 13.3. The van der Waals surface area contributed by atoms with Crippen molar-refractivity contribution in [2.45, 2.75) is 26.4 Å². The first-order valence-electron chi connectivity index (χ1n) is 12.1. The summed E-state index contributed by atoms with van der Waals surface area (Å²) >= 11 is 7.55. The van der Waals surface area contributed by atoms with Crippen molar-refractivity contribution in [3.8, 4) is 10.6 Å². The van der Waals surface area contributed by atoms with Crippen LogP contribution < -0.4 is 16.7 Å². The maximum absolute atomic E-state index is 13.6. The predicted molar refractivity (Wildman–Crippen MR) is 153 cm³/mol. The van der Waals surface area contributed by atoms with Crippen LogP contribution in [0.25, 0.3) is 20.8 Å². The minimum Gasteiger partial charge on any atom is -0.481 e. The first-order chi connectivity index (χ1) is 18.7. The van der Waals surface area contributed by atoms with Gasteiger partial charge < -0.3 is 10.4 Å². The number of carboxylic acids is 1. The number of rotatable bonds is 8. The zero-order chi connectivity index (χ0) is 27.7. The van der Waals surface area contributed by atoms with Gasteiger partial charge in [0.25, 0.3) is 0 Å². The molecule has 11 heteroatoms. The molecule has 2 atom stereocenters. The van der Waals surface area contributed by atoms with Gasteiger partial charge in [0, 0.05) is 16.3 Å². The second-order valence-corrected chi connectivity index (χ2v) is 10.6. The molecular formula is C28H24ClN5O4S. The average molecular weight is 562 g/mol. The number of nitrogens with zero attached hydrogens (tertiary/aromatic N) is 4. The molecule has 2 N–H and O–H groups in total. The van der Waals surface area contributed by atoms with Gasteiger partial charge in [-0.1, -0.05) is 54.1 Å². The zero-order valence-electron chi connectivity index (χ0n) is 21.0. The highest BCUT2D eigenvalue weighted by Gasteiger charge is 2.26. The Hall–Kier alpha value is -4.28. The molecule has 2 aromatic heterocycles. The van der Waals surface area contributed by atoms with Gasteiger partial charge >= 0.3 is 17.3 Å². The Balaban J connectivity index is 1.57. The highest BCUT2D eigenvalue weighted by molar-refractivity contribution is 7.21. The Kier molecular flexibility index (Phi) is 7.32. The Labute approximate surface area is 232 Å². The highest BCUT2D eigenvalue weighted by atomic mass is 35.5. The first kappa shape index (κ1) is 26.3. The van der Waals surface area contributed by atoms with Gasteiger partial charge in [-0.05, 0) is 49.7 Å². The molecule has 0 spiro atoms. The van der Waals surface area contributed by atoms with Crippen molar-refractivity contribution in [1.82, 2.24) is 19.1 Å². The Morgan fingerprint density at radius 3 is 2.44 bits per heavy atom. The largest absolute Gasteiger partial charge is 0.481 e. The molecule has 0 aliphatic heterocycles. The number of carboxylic acid groups (broad SMARTS) is 1. The number of aromatic nitrogens is 4. The molecule has 0 amide bonds. The van der Waals surface area contributed by atoms with Gasteiger partial charge in [0.1, 0.15) is 5.01 Å². The molecule has 3 aromatic carbocycles. The molecule has 0 aliphatic carbocycles. The molecule has 5 aromatic rings. The normalized spacial score (nSPS) is 12.8. The second-order valence-electron chi connectivity index (χ2n) is 9.14. The van der Waals surface area contributed by atoms with Crippen molar-refractivity contribution in [1.29, 1.82) is 0 Å². The lowest BCUT2D eigenvalue weighted by Crippen LogP contribution is -2.46. The number of halogens is 1. The number of fused-ring (bicyclic) bond motifs is 1. The molecule has 5 rings (SSSR count). The number of hydrogen-bond acceptors (Lipinski definition) is 7. The molecule has 0 radical (unpaired) electrons. The van der Waals surface area contributed by atoms with E-state index >= 15 is 0 Å². The molecule has 0 fully saturated rings. The fourth-order valence-electron chi connectivity index (χ4n) is 4.13. The van der Waals surface area contributed by atoms with Crippen LogP contribution in [0.1, 0.15) is 25.5 Å². The summed E-state index contributed by atoms with van der Waals surface area (Å²) in [5.41, 5.74) is 1.70. The topological polar surface area (TPSA) is 119 Å². The Morgan fingerprint density at radius 1 is 1.03 bits per heavy atom. The lowest BCUT2D eigenvalue weighted by Gasteiger charge is -2.21. The predicted octanol–water partition coefficient (Wildman–Crippen LogP) is 5.41. The number of hydrogen-bond donors (Lipinski definition) is 2. The number of carbonyl (C=O) groups is 1. The number of aliphatic carboxylic acids is 1. The molecule has 39 heavy (non-hydrogen) atoms. The third-order valence-corrected chi connectivity index (χ3v) is 7.86. The van der Waals surface area contributed by atoms with Crippen molar-refractivity contribution in [2.24, 2.45) is 5.92 Å². The fourth-order valence-corrected chi connectivity index (χ4v) is 5.27. The van der Waals surface area contributed by atoms with Gasteiger partial charge in [-0.3, -0.25) is 9.36 Å². The van der Waals surface area contributed by atoms with Gasteiger partial charge in [0.05, 0.1) is 28.7 Å². The molecule has 0 saturated carbocycles. The van der Waals surface area contributed by atoms with E-state index in [-0.39, 0.29) is 12.5 Å². The summed E-state index contributed by atoms with van der Waals surface area (Å²) in [7, 11) is 0. The van der Waals surface area contributed by atoms with Crippen LogP contribution in [0.5, 0.6) is 0 Å². The Bertz CT molecular complexity index is 1780. The minimum atomic E-state index is -1.12. The quantitative estimate of drug-likeness (QED) is 0.260. The van der Waals surface area contributed by atoms with Crippen LogP contribution in [-0.4, -0.2) is 30.2 Å². The standard InChI is InChI=1S/C28H24ClN5O4S/c1-16(25(35)36)17(2)34-27(37)32-26(33(28(34)38)15-18-8-10-20(29)11-9-18)30-21-12-13-22-23(14-21)39-24(31-22)19-6-4-3-5-7-19/h3-14,16-17H,15H2,1-2H3,(H,35,36)(H,30,32,37)/t16-,17+/m1/s1. The summed E-state index contributed by atoms with van der Waals surface area (Å²) in [6, 6.07) is 21.4. The zero-order valence-corrected chi connectivity index (χ0v) is 22.6. The maximum Gasteiger partial charge on any atom is 0.355 e. The van der Waals surface area contributed by atoms with Crippen LogP contribution in [0.2, 0.25) is 5.02 Å². The van der Waals surface area contributed by atoms with Gasteiger partial charge in [-0.15, -0.1) is 11.3 Å². The third-order valence-electron chi connectivity index (χ3n) is 6.54. The van der Waals surface area contributed by atoms with E-state index in [0.29, 0.717) is 10.7 Å². The van der Waals surface area contributed by atoms with Crippen LogP contribution in [0, 0.1) is 5.92 Å². The monoisotopic (exact) mass is 561 g/mol. The van der Waals surface area contributed by atoms with Gasteiger partial charge in [-0.25, -0.2) is 19.1 Å². The van der Waals surface area contributed by atoms with E-state index in [9.17, 15) is 19.5 Å². The molecule has 0 aliphatic rings. The number of nitrogens with one attached hydrogen (secondary N) is 1. The second kappa shape index (κ2) is 10.8. The Morgan fingerprint density at radius 2 is 1.74 bits per heavy atom. The minimum absolute atomic E-state index is 0.0403. The molecule has 0 saturated heterocycles. The van der Waals surface area contributed by atoms with E-state index in [1.54, 1.807) is 30.3 Å². The van der Waals surface area contributed by atoms with Crippen molar-refractivity contribution in [2.75, 3.05) is 5.32 Å². The lowest BCUT2D eigenvalue weighted by molar-refractivity contribution is -0.142. The summed E-state index contributed by atoms with van der Waals surface area (Å²) in [4.78, 5) is 47.1. The highest BCUT2D eigenvalue weighted by Crippen LogP contribution is 2.32. The van der Waals surface area contributed by atoms with E-state index in [0.717, 1.165) is 30.9 Å². The van der Waals surface area contributed by atoms with Gasteiger partial charge in [0.15, 0.2) is 0 Å². The average Bonchev–Trinajstić information content (AvgIpc) is 3.35. The van der Waals surface area contributed by atoms with Gasteiger partial charge in [0.2, 0.25) is 5.95 Å². The summed E-state index contributed by atoms with van der Waals surface area (Å²) < 4.78 is 3.13. The summed E-state index contributed by atoms with van der Waals surface area (Å²) in [6.45, 7) is 3.05. The SMILES string of the molecule is C[C@@H](C(=O)O)[C@H](C)n1c(=O)nc(Nc2ccc3nc(-c4ccccc4)sc3c2)n(Cc2ccc(Cl)cc2)c1=O. The van der Waals surface area contributed by atoms with Crippen molar-refractivity contribution in [3.63, 3.8) is 0 Å². The molecule has 0 unspecified atom stereocenters. The van der Waals surface area contributed by atoms with Crippen molar-refractivity contribution < 1.29 is 9.90 Å². The van der Waals surface area contributed by atoms with Crippen molar-refractivity contribution >= 4 is 50.8 Å². The van der Waals surface area contributed by atoms with Crippen LogP contribution in [0.4, 0.5) is 11.6 Å². The van der Waals surface area contributed by atoms with E-state index in [2.05, 4.69) is 10.3 Å². The van der Waals surface area contributed by atoms with E-state index in [4.69, 9.17) is 16.6 Å². The molecule has 198 valence electrons. The smallest absolute Gasteiger partial charge is 0.355 e. The third kappa shape index (κ3) is 5.47. The van der Waals surface area contributed by atoms with E-state index < -0.39 is 29.3 Å². The molecule has 2 heterocycles. The van der Waals surface area contributed by atoms with E-state index in [1.807, 2.05) is 42.5 Å². The number of anilines is 2. The van der Waals surface area contributed by atoms with Crippen LogP contribution >= 0.6 is 22.9 Å². The van der Waals surface area contributed by atoms with Crippen molar-refractivity contribution in [3.05, 3.63) is 104 Å². The van der Waals surface area contributed by atoms with Crippen LogP contribution in [-0.2, 0) is 11.3 Å². The van der Waals surface area contributed by atoms with Crippen LogP contribution in [0.15, 0.2) is 82.4 Å². The number of thiazole rings is 1. The fraction of sp³-hybridized carbons (Fsp3) is 0.179. The number of benzene rings is 3. The molecule has 9 nitrogen and oxygen atoms in total.